The van der Waals surface area contributed by atoms with Crippen molar-refractivity contribution in [2.45, 2.75) is 38.8 Å². The zero-order valence-electron chi connectivity index (χ0n) is 16.8. The maximum Gasteiger partial charge on any atom is 0.240 e. The lowest BCUT2D eigenvalue weighted by Crippen LogP contribution is -2.41. The molecule has 1 saturated carbocycles. The molecular formula is C22H29N3O4. The third kappa shape index (κ3) is 4.51. The summed E-state index contributed by atoms with van der Waals surface area (Å²) in [6.07, 6.45) is 3.50. The second-order valence-corrected chi connectivity index (χ2v) is 8.19. The number of amides is 3. The summed E-state index contributed by atoms with van der Waals surface area (Å²) >= 11 is 0. The Kier molecular flexibility index (Phi) is 6.25. The van der Waals surface area contributed by atoms with Crippen LogP contribution in [0, 0.1) is 11.8 Å². The average Bonchev–Trinajstić information content (AvgIpc) is 2.99. The summed E-state index contributed by atoms with van der Waals surface area (Å²) in [7, 11) is 0. The van der Waals surface area contributed by atoms with Gasteiger partial charge < -0.3 is 10.1 Å². The molecule has 3 amide bonds. The first kappa shape index (κ1) is 20.0. The van der Waals surface area contributed by atoms with Gasteiger partial charge in [-0.3, -0.25) is 24.2 Å². The topological polar surface area (TPSA) is 79.0 Å². The maximum atomic E-state index is 12.5. The van der Waals surface area contributed by atoms with Crippen molar-refractivity contribution in [3.63, 3.8) is 0 Å². The normalized spacial score (nSPS) is 25.2. The van der Waals surface area contributed by atoms with Gasteiger partial charge in [0.25, 0.3) is 0 Å². The number of morpholine rings is 1. The SMILES string of the molecule is O=C(CN1C(=O)C2CCCCC2C1=O)NCc1ccccc1CN1CCOCC1. The van der Waals surface area contributed by atoms with E-state index in [-0.39, 0.29) is 36.1 Å². The lowest BCUT2D eigenvalue weighted by molar-refractivity contribution is -0.143. The van der Waals surface area contributed by atoms with Gasteiger partial charge in [-0.15, -0.1) is 0 Å². The summed E-state index contributed by atoms with van der Waals surface area (Å²) < 4.78 is 5.40. The Morgan fingerprint density at radius 1 is 1.00 bits per heavy atom. The number of rotatable bonds is 6. The van der Waals surface area contributed by atoms with E-state index in [2.05, 4.69) is 16.3 Å². The van der Waals surface area contributed by atoms with Crippen molar-refractivity contribution in [3.05, 3.63) is 35.4 Å². The predicted molar refractivity (Wildman–Crippen MR) is 107 cm³/mol. The summed E-state index contributed by atoms with van der Waals surface area (Å²) in [5.74, 6) is -1.03. The summed E-state index contributed by atoms with van der Waals surface area (Å²) in [4.78, 5) is 41.1. The molecule has 4 rings (SSSR count). The largest absolute Gasteiger partial charge is 0.379 e. The molecule has 2 aliphatic heterocycles. The van der Waals surface area contributed by atoms with Crippen LogP contribution >= 0.6 is 0 Å². The lowest BCUT2D eigenvalue weighted by atomic mass is 9.81. The number of fused-ring (bicyclic) bond motifs is 1. The first-order valence-corrected chi connectivity index (χ1v) is 10.6. The van der Waals surface area contributed by atoms with Crippen LogP contribution in [0.2, 0.25) is 0 Å². The Balaban J connectivity index is 1.33. The van der Waals surface area contributed by atoms with Gasteiger partial charge in [0.1, 0.15) is 6.54 Å². The quantitative estimate of drug-likeness (QED) is 0.730. The zero-order chi connectivity index (χ0) is 20.2. The van der Waals surface area contributed by atoms with Crippen molar-refractivity contribution in [1.29, 1.82) is 0 Å². The molecule has 7 heteroatoms. The molecule has 1 aromatic carbocycles. The number of likely N-dealkylation sites (tertiary alicyclic amines) is 1. The number of carbonyl (C=O) groups is 3. The molecule has 0 aromatic heterocycles. The van der Waals surface area contributed by atoms with Gasteiger partial charge in [-0.2, -0.15) is 0 Å². The Morgan fingerprint density at radius 2 is 1.62 bits per heavy atom. The summed E-state index contributed by atoms with van der Waals surface area (Å²) in [6, 6.07) is 8.05. The number of nitrogens with one attached hydrogen (secondary N) is 1. The highest BCUT2D eigenvalue weighted by Gasteiger charge is 2.48. The lowest BCUT2D eigenvalue weighted by Gasteiger charge is -2.27. The van der Waals surface area contributed by atoms with Crippen LogP contribution in [0.3, 0.4) is 0 Å². The van der Waals surface area contributed by atoms with E-state index in [9.17, 15) is 14.4 Å². The predicted octanol–water partition coefficient (Wildman–Crippen LogP) is 1.31. The molecule has 1 aromatic rings. The fourth-order valence-electron chi connectivity index (χ4n) is 4.66. The Bertz CT molecular complexity index is 751. The second-order valence-electron chi connectivity index (χ2n) is 8.19. The minimum Gasteiger partial charge on any atom is -0.379 e. The Labute approximate surface area is 171 Å². The van der Waals surface area contributed by atoms with Crippen molar-refractivity contribution < 1.29 is 19.1 Å². The van der Waals surface area contributed by atoms with Crippen LogP contribution in [0.25, 0.3) is 0 Å². The number of hydrogen-bond donors (Lipinski definition) is 1. The van der Waals surface area contributed by atoms with Gasteiger partial charge in [0.05, 0.1) is 25.0 Å². The molecule has 3 aliphatic rings. The van der Waals surface area contributed by atoms with Gasteiger partial charge in [-0.1, -0.05) is 37.1 Å². The summed E-state index contributed by atoms with van der Waals surface area (Å²) in [5, 5.41) is 2.90. The minimum absolute atomic E-state index is 0.164. The van der Waals surface area contributed by atoms with Crippen molar-refractivity contribution in [2.75, 3.05) is 32.8 Å². The Hall–Kier alpha value is -2.25. The van der Waals surface area contributed by atoms with Crippen molar-refractivity contribution in [1.82, 2.24) is 15.1 Å². The van der Waals surface area contributed by atoms with E-state index >= 15 is 0 Å². The van der Waals surface area contributed by atoms with E-state index in [1.807, 2.05) is 18.2 Å². The molecule has 2 unspecified atom stereocenters. The van der Waals surface area contributed by atoms with Gasteiger partial charge in [0, 0.05) is 26.2 Å². The van der Waals surface area contributed by atoms with Crippen LogP contribution in [0.4, 0.5) is 0 Å². The highest BCUT2D eigenvalue weighted by molar-refractivity contribution is 6.07. The fourth-order valence-corrected chi connectivity index (χ4v) is 4.66. The molecule has 0 bridgehead atoms. The zero-order valence-corrected chi connectivity index (χ0v) is 16.8. The van der Waals surface area contributed by atoms with E-state index in [1.165, 1.54) is 10.5 Å². The summed E-state index contributed by atoms with van der Waals surface area (Å²) in [5.41, 5.74) is 2.23. The third-order valence-corrected chi connectivity index (χ3v) is 6.33. The third-order valence-electron chi connectivity index (χ3n) is 6.33. The number of imide groups is 1. The maximum absolute atomic E-state index is 12.5. The molecule has 29 heavy (non-hydrogen) atoms. The summed E-state index contributed by atoms with van der Waals surface area (Å²) in [6.45, 7) is 4.35. The number of carbonyl (C=O) groups excluding carboxylic acids is 3. The van der Waals surface area contributed by atoms with E-state index in [1.54, 1.807) is 0 Å². The molecule has 156 valence electrons. The molecule has 0 radical (unpaired) electrons. The van der Waals surface area contributed by atoms with Crippen LogP contribution in [0.5, 0.6) is 0 Å². The van der Waals surface area contributed by atoms with E-state index in [0.29, 0.717) is 6.54 Å². The molecule has 1 aliphatic carbocycles. The van der Waals surface area contributed by atoms with E-state index in [0.717, 1.165) is 64.1 Å². The smallest absolute Gasteiger partial charge is 0.240 e. The van der Waals surface area contributed by atoms with Crippen LogP contribution < -0.4 is 5.32 Å². The molecule has 2 heterocycles. The first-order valence-electron chi connectivity index (χ1n) is 10.6. The van der Waals surface area contributed by atoms with Crippen LogP contribution in [-0.4, -0.2) is 60.4 Å². The van der Waals surface area contributed by atoms with Crippen molar-refractivity contribution in [3.8, 4) is 0 Å². The van der Waals surface area contributed by atoms with E-state index < -0.39 is 0 Å². The van der Waals surface area contributed by atoms with Gasteiger partial charge in [0.15, 0.2) is 0 Å². The average molecular weight is 399 g/mol. The molecule has 2 saturated heterocycles. The molecule has 1 N–H and O–H groups in total. The molecule has 7 nitrogen and oxygen atoms in total. The van der Waals surface area contributed by atoms with Gasteiger partial charge in [0.2, 0.25) is 17.7 Å². The van der Waals surface area contributed by atoms with Crippen molar-refractivity contribution >= 4 is 17.7 Å². The van der Waals surface area contributed by atoms with Crippen LogP contribution in [0.1, 0.15) is 36.8 Å². The molecular weight excluding hydrogens is 370 g/mol. The van der Waals surface area contributed by atoms with Crippen molar-refractivity contribution in [2.24, 2.45) is 11.8 Å². The number of nitrogens with zero attached hydrogens (tertiary/aromatic N) is 2. The number of benzene rings is 1. The standard InChI is InChI=1S/C22H29N3O4/c26-20(15-25-21(27)18-7-3-4-8-19(18)22(25)28)23-13-16-5-1-2-6-17(16)14-24-9-11-29-12-10-24/h1-2,5-6,18-19H,3-4,7-15H2,(H,23,26). The molecule has 2 atom stereocenters. The highest BCUT2D eigenvalue weighted by Crippen LogP contribution is 2.37. The second kappa shape index (κ2) is 9.05. The van der Waals surface area contributed by atoms with Gasteiger partial charge in [-0.25, -0.2) is 0 Å². The van der Waals surface area contributed by atoms with Crippen LogP contribution in [-0.2, 0) is 32.2 Å². The molecule has 0 spiro atoms. The first-order chi connectivity index (χ1) is 14.1. The van der Waals surface area contributed by atoms with E-state index in [4.69, 9.17) is 4.74 Å². The Morgan fingerprint density at radius 3 is 2.28 bits per heavy atom. The van der Waals surface area contributed by atoms with Crippen LogP contribution in [0.15, 0.2) is 24.3 Å². The van der Waals surface area contributed by atoms with Gasteiger partial charge >= 0.3 is 0 Å². The highest BCUT2D eigenvalue weighted by atomic mass is 16.5. The fraction of sp³-hybridized carbons (Fsp3) is 0.591. The number of hydrogen-bond acceptors (Lipinski definition) is 5. The minimum atomic E-state index is -0.286. The number of ether oxygens (including phenoxy) is 1. The van der Waals surface area contributed by atoms with Gasteiger partial charge in [-0.05, 0) is 24.0 Å². The monoisotopic (exact) mass is 399 g/mol. The molecule has 3 fully saturated rings.